The summed E-state index contributed by atoms with van der Waals surface area (Å²) in [6.45, 7) is 7.79. The average molecular weight is 323 g/mol. The van der Waals surface area contributed by atoms with E-state index in [-0.39, 0.29) is 17.4 Å². The van der Waals surface area contributed by atoms with Gasteiger partial charge in [0.2, 0.25) is 5.91 Å². The van der Waals surface area contributed by atoms with E-state index in [0.29, 0.717) is 13.1 Å². The molecule has 1 aromatic rings. The maximum Gasteiger partial charge on any atom is 0.254 e. The van der Waals surface area contributed by atoms with Gasteiger partial charge in [0.15, 0.2) is 0 Å². The molecule has 0 bridgehead atoms. The van der Waals surface area contributed by atoms with Gasteiger partial charge in [-0.1, -0.05) is 32.9 Å². The van der Waals surface area contributed by atoms with Gasteiger partial charge in [0, 0.05) is 13.1 Å². The lowest BCUT2D eigenvalue weighted by molar-refractivity contribution is -0.123. The Morgan fingerprint density at radius 3 is 2.43 bits per heavy atom. The van der Waals surface area contributed by atoms with Gasteiger partial charge >= 0.3 is 0 Å². The van der Waals surface area contributed by atoms with Crippen LogP contribution in [0.15, 0.2) is 24.3 Å². The molecular formula is C17H26FN3O2. The molecule has 5 nitrogen and oxygen atoms in total. The fourth-order valence-corrected chi connectivity index (χ4v) is 2.09. The Balaban J connectivity index is 2.59. The summed E-state index contributed by atoms with van der Waals surface area (Å²) < 4.78 is 13.6. The largest absolute Gasteiger partial charge is 0.353 e. The molecule has 0 aliphatic heterocycles. The Hall–Kier alpha value is -1.95. The minimum atomic E-state index is -0.701. The third kappa shape index (κ3) is 6.36. The summed E-state index contributed by atoms with van der Waals surface area (Å²) in [5.74, 6) is -1.55. The van der Waals surface area contributed by atoms with Gasteiger partial charge in [-0.25, -0.2) is 4.39 Å². The fourth-order valence-electron chi connectivity index (χ4n) is 2.09. The fraction of sp³-hybridized carbons (Fsp3) is 0.529. The highest BCUT2D eigenvalue weighted by Gasteiger charge is 2.25. The van der Waals surface area contributed by atoms with Gasteiger partial charge in [-0.05, 0) is 31.0 Å². The zero-order chi connectivity index (χ0) is 17.2. The molecule has 6 heteroatoms. The average Bonchev–Trinajstić information content (AvgIpc) is 2.52. The molecule has 128 valence electrons. The second-order valence-electron chi connectivity index (χ2n) is 5.72. The van der Waals surface area contributed by atoms with Crippen LogP contribution in [-0.4, -0.2) is 37.5 Å². The Morgan fingerprint density at radius 2 is 1.83 bits per heavy atom. The third-order valence-corrected chi connectivity index (χ3v) is 3.38. The van der Waals surface area contributed by atoms with Crippen molar-refractivity contribution in [1.82, 2.24) is 16.0 Å². The van der Waals surface area contributed by atoms with Crippen LogP contribution in [0.3, 0.4) is 0 Å². The molecule has 0 heterocycles. The number of nitrogens with one attached hydrogen (secondary N) is 3. The minimum Gasteiger partial charge on any atom is -0.353 e. The van der Waals surface area contributed by atoms with Crippen molar-refractivity contribution < 1.29 is 14.0 Å². The second kappa shape index (κ2) is 9.94. The molecule has 0 fully saturated rings. The van der Waals surface area contributed by atoms with Gasteiger partial charge in [0.1, 0.15) is 11.9 Å². The number of hydrogen-bond acceptors (Lipinski definition) is 3. The SMILES string of the molecule is CCCNCCNC(=O)C(NC(=O)c1ccccc1F)C(C)C. The molecule has 0 aromatic heterocycles. The molecule has 0 spiro atoms. The quantitative estimate of drug-likeness (QED) is 0.606. The van der Waals surface area contributed by atoms with Crippen LogP contribution in [0.5, 0.6) is 0 Å². The first-order valence-corrected chi connectivity index (χ1v) is 8.01. The molecule has 3 N–H and O–H groups in total. The van der Waals surface area contributed by atoms with E-state index in [1.165, 1.54) is 18.2 Å². The molecule has 2 amide bonds. The van der Waals surface area contributed by atoms with Crippen molar-refractivity contribution in [2.45, 2.75) is 33.2 Å². The highest BCUT2D eigenvalue weighted by atomic mass is 19.1. The van der Waals surface area contributed by atoms with Gasteiger partial charge in [-0.15, -0.1) is 0 Å². The molecule has 0 aliphatic carbocycles. The van der Waals surface area contributed by atoms with Crippen LogP contribution >= 0.6 is 0 Å². The van der Waals surface area contributed by atoms with E-state index in [9.17, 15) is 14.0 Å². The first-order valence-electron chi connectivity index (χ1n) is 8.01. The summed E-state index contributed by atoms with van der Waals surface area (Å²) in [6, 6.07) is 5.02. The molecule has 0 saturated heterocycles. The third-order valence-electron chi connectivity index (χ3n) is 3.38. The smallest absolute Gasteiger partial charge is 0.254 e. The van der Waals surface area contributed by atoms with E-state index >= 15 is 0 Å². The van der Waals surface area contributed by atoms with Crippen LogP contribution in [0.25, 0.3) is 0 Å². The first kappa shape index (κ1) is 19.1. The number of rotatable bonds is 9. The Labute approximate surface area is 137 Å². The summed E-state index contributed by atoms with van der Waals surface area (Å²) in [5.41, 5.74) is -0.0597. The number of carbonyl (C=O) groups excluding carboxylic acids is 2. The van der Waals surface area contributed by atoms with Crippen LogP contribution in [0.4, 0.5) is 4.39 Å². The Bertz CT molecular complexity index is 520. The van der Waals surface area contributed by atoms with E-state index in [1.54, 1.807) is 6.07 Å². The lowest BCUT2D eigenvalue weighted by atomic mass is 10.0. The van der Waals surface area contributed by atoms with Crippen LogP contribution in [-0.2, 0) is 4.79 Å². The molecule has 1 aromatic carbocycles. The van der Waals surface area contributed by atoms with E-state index in [1.807, 2.05) is 13.8 Å². The molecule has 1 rings (SSSR count). The summed E-state index contributed by atoms with van der Waals surface area (Å²) in [7, 11) is 0. The maximum atomic E-state index is 13.6. The van der Waals surface area contributed by atoms with Crippen molar-refractivity contribution in [3.05, 3.63) is 35.6 Å². The molecule has 1 atom stereocenters. The van der Waals surface area contributed by atoms with Crippen molar-refractivity contribution in [3.63, 3.8) is 0 Å². The zero-order valence-corrected chi connectivity index (χ0v) is 14.0. The van der Waals surface area contributed by atoms with Crippen LogP contribution in [0, 0.1) is 11.7 Å². The number of halogens is 1. The topological polar surface area (TPSA) is 70.2 Å². The van der Waals surface area contributed by atoms with Gasteiger partial charge < -0.3 is 16.0 Å². The molecular weight excluding hydrogens is 297 g/mol. The number of benzene rings is 1. The van der Waals surface area contributed by atoms with Crippen LogP contribution in [0.2, 0.25) is 0 Å². The molecule has 0 saturated carbocycles. The predicted octanol–water partition coefficient (Wildman–Crippen LogP) is 1.70. The summed E-state index contributed by atoms with van der Waals surface area (Å²) in [4.78, 5) is 24.4. The van der Waals surface area contributed by atoms with E-state index < -0.39 is 17.8 Å². The maximum absolute atomic E-state index is 13.6. The lowest BCUT2D eigenvalue weighted by Crippen LogP contribution is -2.50. The summed E-state index contributed by atoms with van der Waals surface area (Å²) in [5, 5.41) is 8.58. The first-order chi connectivity index (χ1) is 11.0. The molecule has 0 radical (unpaired) electrons. The molecule has 1 unspecified atom stereocenters. The van der Waals surface area contributed by atoms with Crippen LogP contribution in [0.1, 0.15) is 37.6 Å². The molecule has 0 aliphatic rings. The van der Waals surface area contributed by atoms with Gasteiger partial charge in [-0.2, -0.15) is 0 Å². The van der Waals surface area contributed by atoms with E-state index in [4.69, 9.17) is 0 Å². The van der Waals surface area contributed by atoms with Crippen LogP contribution < -0.4 is 16.0 Å². The van der Waals surface area contributed by atoms with Gasteiger partial charge in [0.05, 0.1) is 5.56 Å². The predicted molar refractivity (Wildman–Crippen MR) is 88.7 cm³/mol. The molecule has 23 heavy (non-hydrogen) atoms. The van der Waals surface area contributed by atoms with Gasteiger partial charge in [-0.3, -0.25) is 9.59 Å². The summed E-state index contributed by atoms with van der Waals surface area (Å²) >= 11 is 0. The van der Waals surface area contributed by atoms with Crippen molar-refractivity contribution in [1.29, 1.82) is 0 Å². The normalized spacial score (nSPS) is 12.0. The lowest BCUT2D eigenvalue weighted by Gasteiger charge is -2.22. The summed E-state index contributed by atoms with van der Waals surface area (Å²) in [6.07, 6.45) is 1.03. The van der Waals surface area contributed by atoms with Gasteiger partial charge in [0.25, 0.3) is 5.91 Å². The second-order valence-corrected chi connectivity index (χ2v) is 5.72. The Morgan fingerprint density at radius 1 is 1.13 bits per heavy atom. The zero-order valence-electron chi connectivity index (χ0n) is 14.0. The minimum absolute atomic E-state index is 0.0597. The van der Waals surface area contributed by atoms with Crippen molar-refractivity contribution >= 4 is 11.8 Å². The number of hydrogen-bond donors (Lipinski definition) is 3. The highest BCUT2D eigenvalue weighted by Crippen LogP contribution is 2.08. The Kier molecular flexibility index (Phi) is 8.26. The van der Waals surface area contributed by atoms with Crippen molar-refractivity contribution in [3.8, 4) is 0 Å². The number of amides is 2. The van der Waals surface area contributed by atoms with Crippen molar-refractivity contribution in [2.75, 3.05) is 19.6 Å². The number of carbonyl (C=O) groups is 2. The highest BCUT2D eigenvalue weighted by molar-refractivity contribution is 5.97. The van der Waals surface area contributed by atoms with E-state index in [0.717, 1.165) is 13.0 Å². The monoisotopic (exact) mass is 323 g/mol. The van der Waals surface area contributed by atoms with Crippen molar-refractivity contribution in [2.24, 2.45) is 5.92 Å². The standard InChI is InChI=1S/C17H26FN3O2/c1-4-9-19-10-11-20-17(23)15(12(2)3)21-16(22)13-7-5-6-8-14(13)18/h5-8,12,15,19H,4,9-11H2,1-3H3,(H,20,23)(H,21,22). The van der Waals surface area contributed by atoms with E-state index in [2.05, 4.69) is 22.9 Å².